The van der Waals surface area contributed by atoms with E-state index in [2.05, 4.69) is 32.0 Å². The second-order valence-electron chi connectivity index (χ2n) is 7.90. The molecular weight excluding hydrogens is 424 g/mol. The molecule has 4 aromatic rings. The molecule has 0 unspecified atom stereocenters. The molecule has 1 aliphatic rings. The van der Waals surface area contributed by atoms with Crippen molar-refractivity contribution in [3.05, 3.63) is 54.1 Å². The zero-order valence-electron chi connectivity index (χ0n) is 16.9. The van der Waals surface area contributed by atoms with Crippen LogP contribution in [-0.2, 0) is 0 Å². The summed E-state index contributed by atoms with van der Waals surface area (Å²) >= 11 is 0. The summed E-state index contributed by atoms with van der Waals surface area (Å²) in [5, 5.41) is 7.34. The Hall–Kier alpha value is -3.74. The minimum absolute atomic E-state index is 0.0442. The van der Waals surface area contributed by atoms with E-state index in [1.807, 2.05) is 6.92 Å². The molecule has 0 radical (unpaired) electrons. The highest BCUT2D eigenvalue weighted by Crippen LogP contribution is 2.44. The van der Waals surface area contributed by atoms with Crippen molar-refractivity contribution in [2.45, 2.75) is 26.2 Å². The molecule has 3 aromatic heterocycles. The summed E-state index contributed by atoms with van der Waals surface area (Å²) in [5.74, 6) is 3.66. The molecule has 3 heterocycles. The van der Waals surface area contributed by atoms with Crippen LogP contribution in [0.4, 0.5) is 29.1 Å². The number of rotatable bonds is 4. The van der Waals surface area contributed by atoms with Crippen molar-refractivity contribution < 1.29 is 17.6 Å². The smallest absolute Gasteiger partial charge is 0.257 e. The minimum atomic E-state index is -2.79. The Morgan fingerprint density at radius 1 is 1.22 bits per heavy atom. The number of nitrogens with zero attached hydrogens (tertiary/aromatic N) is 6. The van der Waals surface area contributed by atoms with E-state index in [0.29, 0.717) is 5.69 Å². The van der Waals surface area contributed by atoms with E-state index in [-0.39, 0.29) is 33.6 Å². The molecule has 0 saturated heterocycles. The number of fused-ring (bicyclic) bond motifs is 3. The molecule has 0 spiro atoms. The van der Waals surface area contributed by atoms with E-state index in [1.165, 1.54) is 35.1 Å². The second-order valence-corrected chi connectivity index (χ2v) is 7.90. The van der Waals surface area contributed by atoms with E-state index < -0.39 is 24.6 Å². The van der Waals surface area contributed by atoms with Crippen LogP contribution in [0.2, 0.25) is 0 Å². The van der Waals surface area contributed by atoms with Crippen molar-refractivity contribution in [2.24, 2.45) is 5.41 Å². The van der Waals surface area contributed by atoms with Crippen LogP contribution >= 0.6 is 0 Å². The number of benzene rings is 1. The van der Waals surface area contributed by atoms with Gasteiger partial charge in [0.1, 0.15) is 17.8 Å². The first-order valence-corrected chi connectivity index (χ1v) is 9.87. The topological polar surface area (TPSA) is 59.2 Å². The van der Waals surface area contributed by atoms with Gasteiger partial charge >= 0.3 is 0 Å². The second kappa shape index (κ2) is 7.44. The highest BCUT2D eigenvalue weighted by Gasteiger charge is 2.35. The van der Waals surface area contributed by atoms with Gasteiger partial charge in [-0.1, -0.05) is 5.92 Å². The van der Waals surface area contributed by atoms with Gasteiger partial charge in [0, 0.05) is 17.3 Å². The molecule has 0 atom stereocenters. The average molecular weight is 440 g/mol. The van der Waals surface area contributed by atoms with Crippen molar-refractivity contribution in [1.29, 1.82) is 0 Å². The standard InChI is InChI=1S/C22H16F4N6/c1-22(7-8-22)6-4-13-10-14(5-9-27-13)31(11-17(24)25)20-18-16(3-2-15(23)19(18)26)32-12-28-30-21(32)29-20/h2-3,5,9-10,12,17H,7-8,11H2,1H3. The van der Waals surface area contributed by atoms with E-state index in [4.69, 9.17) is 0 Å². The molecule has 0 N–H and O–H groups in total. The normalized spacial score (nSPS) is 14.6. The quantitative estimate of drug-likeness (QED) is 0.345. The molecule has 0 aliphatic heterocycles. The molecule has 10 heteroatoms. The Morgan fingerprint density at radius 2 is 2.03 bits per heavy atom. The molecule has 1 aromatic carbocycles. The summed E-state index contributed by atoms with van der Waals surface area (Å²) in [5.41, 5.74) is 0.808. The lowest BCUT2D eigenvalue weighted by atomic mass is 10.1. The predicted octanol–water partition coefficient (Wildman–Crippen LogP) is 4.51. The Balaban J connectivity index is 1.72. The monoisotopic (exact) mass is 440 g/mol. The van der Waals surface area contributed by atoms with Gasteiger partial charge in [0.2, 0.25) is 0 Å². The first-order valence-electron chi connectivity index (χ1n) is 9.87. The average Bonchev–Trinajstić information content (AvgIpc) is 3.32. The highest BCUT2D eigenvalue weighted by molar-refractivity contribution is 5.94. The fourth-order valence-corrected chi connectivity index (χ4v) is 3.41. The largest absolute Gasteiger partial charge is 0.320 e. The summed E-state index contributed by atoms with van der Waals surface area (Å²) in [6, 6.07) is 5.30. The van der Waals surface area contributed by atoms with E-state index >= 15 is 0 Å². The summed E-state index contributed by atoms with van der Waals surface area (Å²) < 4.78 is 57.6. The van der Waals surface area contributed by atoms with E-state index in [9.17, 15) is 17.6 Å². The third-order valence-corrected chi connectivity index (χ3v) is 5.42. The Kier molecular flexibility index (Phi) is 4.69. The van der Waals surface area contributed by atoms with Crippen LogP contribution in [0.3, 0.4) is 0 Å². The van der Waals surface area contributed by atoms with Gasteiger partial charge in [-0.2, -0.15) is 4.98 Å². The van der Waals surface area contributed by atoms with Gasteiger partial charge in [0.15, 0.2) is 11.6 Å². The molecule has 6 nitrogen and oxygen atoms in total. The maximum atomic E-state index is 14.9. The molecular formula is C22H16F4N6. The third-order valence-electron chi connectivity index (χ3n) is 5.42. The summed E-state index contributed by atoms with van der Waals surface area (Å²) in [6.45, 7) is 1.23. The maximum Gasteiger partial charge on any atom is 0.257 e. The molecule has 5 rings (SSSR count). The zero-order chi connectivity index (χ0) is 22.5. The fraction of sp³-hybridized carbons (Fsp3) is 0.273. The molecule has 0 amide bonds. The van der Waals surface area contributed by atoms with Crippen LogP contribution in [0.5, 0.6) is 0 Å². The van der Waals surface area contributed by atoms with Gasteiger partial charge in [-0.3, -0.25) is 4.40 Å². The predicted molar refractivity (Wildman–Crippen MR) is 110 cm³/mol. The number of alkyl halides is 2. The van der Waals surface area contributed by atoms with Crippen molar-refractivity contribution >= 4 is 28.2 Å². The van der Waals surface area contributed by atoms with Crippen molar-refractivity contribution in [3.8, 4) is 11.8 Å². The third kappa shape index (κ3) is 3.60. The number of aromatic nitrogens is 5. The lowest BCUT2D eigenvalue weighted by Crippen LogP contribution is -2.26. The van der Waals surface area contributed by atoms with Crippen LogP contribution in [0.25, 0.3) is 16.7 Å². The van der Waals surface area contributed by atoms with Crippen LogP contribution < -0.4 is 4.90 Å². The van der Waals surface area contributed by atoms with Crippen LogP contribution in [0.1, 0.15) is 25.5 Å². The molecule has 1 aliphatic carbocycles. The number of halogens is 4. The van der Waals surface area contributed by atoms with Crippen molar-refractivity contribution in [3.63, 3.8) is 0 Å². The Morgan fingerprint density at radius 3 is 2.78 bits per heavy atom. The molecule has 162 valence electrons. The number of hydrogen-bond acceptors (Lipinski definition) is 5. The van der Waals surface area contributed by atoms with Gasteiger partial charge in [-0.05, 0) is 50.0 Å². The molecule has 1 fully saturated rings. The van der Waals surface area contributed by atoms with Crippen LogP contribution in [-0.4, -0.2) is 37.5 Å². The first-order chi connectivity index (χ1) is 15.3. The van der Waals surface area contributed by atoms with Gasteiger partial charge in [-0.25, -0.2) is 22.5 Å². The van der Waals surface area contributed by atoms with Crippen LogP contribution in [0, 0.1) is 28.9 Å². The van der Waals surface area contributed by atoms with Crippen molar-refractivity contribution in [2.75, 3.05) is 11.4 Å². The van der Waals surface area contributed by atoms with Crippen LogP contribution in [0.15, 0.2) is 36.8 Å². The molecule has 32 heavy (non-hydrogen) atoms. The Labute approximate surface area is 179 Å². The van der Waals surface area contributed by atoms with E-state index in [0.717, 1.165) is 23.8 Å². The van der Waals surface area contributed by atoms with Gasteiger partial charge in [0.25, 0.3) is 12.2 Å². The van der Waals surface area contributed by atoms with Gasteiger partial charge in [0.05, 0.1) is 17.4 Å². The maximum absolute atomic E-state index is 14.9. The minimum Gasteiger partial charge on any atom is -0.320 e. The lowest BCUT2D eigenvalue weighted by molar-refractivity contribution is 0.158. The van der Waals surface area contributed by atoms with Gasteiger partial charge < -0.3 is 4.90 Å². The molecule has 0 bridgehead atoms. The summed E-state index contributed by atoms with van der Waals surface area (Å²) in [6.07, 6.45) is 1.93. The first kappa shape index (κ1) is 20.2. The summed E-state index contributed by atoms with van der Waals surface area (Å²) in [7, 11) is 0. The highest BCUT2D eigenvalue weighted by atomic mass is 19.3. The zero-order valence-corrected chi connectivity index (χ0v) is 16.9. The SMILES string of the molecule is CC1(C#Cc2cc(N(CC(F)F)c3nc4nncn4c4ccc(F)c(F)c34)ccn2)CC1. The number of pyridine rings is 1. The van der Waals surface area contributed by atoms with E-state index in [1.54, 1.807) is 0 Å². The number of anilines is 2. The fourth-order valence-electron chi connectivity index (χ4n) is 3.41. The summed E-state index contributed by atoms with van der Waals surface area (Å²) in [4.78, 5) is 9.55. The number of hydrogen-bond donors (Lipinski definition) is 0. The van der Waals surface area contributed by atoms with Gasteiger partial charge in [-0.15, -0.1) is 10.2 Å². The Bertz CT molecular complexity index is 1400. The molecule has 1 saturated carbocycles. The van der Waals surface area contributed by atoms with Crippen molar-refractivity contribution in [1.82, 2.24) is 24.6 Å². The lowest BCUT2D eigenvalue weighted by Gasteiger charge is -2.25.